The van der Waals surface area contributed by atoms with Crippen molar-refractivity contribution in [3.63, 3.8) is 0 Å². The lowest BCUT2D eigenvalue weighted by atomic mass is 9.90. The molecule has 10 nitrogen and oxygen atoms in total. The highest BCUT2D eigenvalue weighted by atomic mass is 32.1. The Kier molecular flexibility index (Phi) is 6.62. The summed E-state index contributed by atoms with van der Waals surface area (Å²) in [6.07, 6.45) is 2.07. The van der Waals surface area contributed by atoms with Crippen LogP contribution in [0.1, 0.15) is 36.0 Å². The van der Waals surface area contributed by atoms with Crippen LogP contribution in [0.25, 0.3) is 32.1 Å². The molecule has 0 radical (unpaired) electrons. The summed E-state index contributed by atoms with van der Waals surface area (Å²) in [6, 6.07) is 5.28. The van der Waals surface area contributed by atoms with Crippen molar-refractivity contribution in [3.8, 4) is 23.2 Å². The second kappa shape index (κ2) is 10.5. The molecule has 3 saturated heterocycles. The largest absolute Gasteiger partial charge is 0.462 e. The SMILES string of the molecule is CN1C[C@H](O)C[C@H]1COc1nc(N2C3CCC2CNC3)c2c3c(c(-c4c(F)ccc5sc(N)c(C#N)c45)c(F)c2n1)COC3. The maximum Gasteiger partial charge on any atom is 0.319 e. The number of halogens is 2. The number of hydrogen-bond donors (Lipinski definition) is 3. The minimum atomic E-state index is -0.714. The molecule has 0 amide bonds. The zero-order valence-corrected chi connectivity index (χ0v) is 24.9. The second-order valence-corrected chi connectivity index (χ2v) is 13.3. The molecule has 0 spiro atoms. The molecule has 2 unspecified atom stereocenters. The van der Waals surface area contributed by atoms with Crippen LogP contribution >= 0.6 is 11.3 Å². The van der Waals surface area contributed by atoms with E-state index in [9.17, 15) is 10.4 Å². The van der Waals surface area contributed by atoms with Crippen LogP contribution in [-0.4, -0.2) is 77.5 Å². The number of likely N-dealkylation sites (tertiary alicyclic amines) is 1. The van der Waals surface area contributed by atoms with E-state index in [2.05, 4.69) is 21.3 Å². The van der Waals surface area contributed by atoms with Crippen LogP contribution < -0.4 is 20.7 Å². The number of benzene rings is 2. The number of nitrogens with two attached hydrogens (primary N) is 1. The molecule has 4 atom stereocenters. The van der Waals surface area contributed by atoms with Crippen LogP contribution in [0.3, 0.4) is 0 Å². The number of aliphatic hydroxyl groups is 1. The molecule has 4 aliphatic heterocycles. The summed E-state index contributed by atoms with van der Waals surface area (Å²) in [7, 11) is 1.92. The Labute approximate surface area is 256 Å². The number of ether oxygens (including phenoxy) is 2. The lowest BCUT2D eigenvalue weighted by molar-refractivity contribution is 0.135. The van der Waals surface area contributed by atoms with Crippen LogP contribution in [0, 0.1) is 23.0 Å². The van der Waals surface area contributed by atoms with Gasteiger partial charge in [-0.3, -0.25) is 4.90 Å². The summed E-state index contributed by atoms with van der Waals surface area (Å²) >= 11 is 1.17. The Hall–Kier alpha value is -3.67. The number of rotatable bonds is 5. The second-order valence-electron chi connectivity index (χ2n) is 12.2. The summed E-state index contributed by atoms with van der Waals surface area (Å²) < 4.78 is 45.7. The van der Waals surface area contributed by atoms with Gasteiger partial charge in [-0.15, -0.1) is 11.3 Å². The third-order valence-electron chi connectivity index (χ3n) is 9.65. The standard InChI is InChI=1S/C31H31F2N7O3S/c1-39-10-17(41)6-16(39)11-43-31-37-28-25(30(38-31)40-14-2-3-15(40)9-36-8-14)20-13-42-12-19(20)24(27(28)33)26-21(32)4-5-22-23(26)18(7-34)29(35)44-22/h4-5,14-17,36,41H,2-3,6,8-13,35H2,1H3/t14?,15?,16-,17+/m0/s1. The van der Waals surface area contributed by atoms with Crippen LogP contribution in [0.15, 0.2) is 12.1 Å². The van der Waals surface area contributed by atoms with E-state index in [4.69, 9.17) is 20.2 Å². The number of β-amino-alcohol motifs (C(OH)–C–C–N with tert-alkyl or cyclic N) is 1. The molecular weight excluding hydrogens is 588 g/mol. The minimum Gasteiger partial charge on any atom is -0.462 e. The highest BCUT2D eigenvalue weighted by Gasteiger charge is 2.41. The minimum absolute atomic E-state index is 0.0143. The van der Waals surface area contributed by atoms with Crippen molar-refractivity contribution in [2.24, 2.45) is 0 Å². The molecule has 4 N–H and O–H groups in total. The van der Waals surface area contributed by atoms with Crippen molar-refractivity contribution in [1.29, 1.82) is 5.26 Å². The molecule has 4 aliphatic rings. The van der Waals surface area contributed by atoms with Crippen molar-refractivity contribution in [3.05, 3.63) is 40.5 Å². The lowest BCUT2D eigenvalue weighted by Gasteiger charge is -2.37. The molecule has 2 aromatic carbocycles. The van der Waals surface area contributed by atoms with Gasteiger partial charge in [-0.1, -0.05) is 0 Å². The highest BCUT2D eigenvalue weighted by molar-refractivity contribution is 7.23. The molecule has 0 saturated carbocycles. The van der Waals surface area contributed by atoms with Gasteiger partial charge in [-0.05, 0) is 49.6 Å². The fraction of sp³-hybridized carbons (Fsp3) is 0.452. The van der Waals surface area contributed by atoms with E-state index in [1.165, 1.54) is 17.4 Å². The maximum absolute atomic E-state index is 17.2. The average molecular weight is 620 g/mol. The molecule has 8 rings (SSSR count). The fourth-order valence-electron chi connectivity index (χ4n) is 7.58. The van der Waals surface area contributed by atoms with Crippen molar-refractivity contribution < 1.29 is 23.4 Å². The molecule has 13 heteroatoms. The molecule has 2 bridgehead atoms. The number of nitrogens with zero attached hydrogens (tertiary/aromatic N) is 5. The number of thiophene rings is 1. The van der Waals surface area contributed by atoms with Gasteiger partial charge in [-0.25, -0.2) is 8.78 Å². The average Bonchev–Trinajstić information content (AvgIpc) is 3.75. The van der Waals surface area contributed by atoms with Crippen molar-refractivity contribution in [2.45, 2.75) is 56.7 Å². The smallest absolute Gasteiger partial charge is 0.319 e. The zero-order valence-electron chi connectivity index (χ0n) is 24.1. The predicted molar refractivity (Wildman–Crippen MR) is 163 cm³/mol. The number of anilines is 2. The van der Waals surface area contributed by atoms with Gasteiger partial charge in [0.25, 0.3) is 0 Å². The number of nitriles is 1. The van der Waals surface area contributed by atoms with Gasteiger partial charge in [0.2, 0.25) is 0 Å². The first-order chi connectivity index (χ1) is 21.3. The number of aliphatic hydroxyl groups excluding tert-OH is 1. The third kappa shape index (κ3) is 4.16. The molecule has 6 heterocycles. The first-order valence-electron chi connectivity index (χ1n) is 14.9. The number of likely N-dealkylation sites (N-methyl/N-ethyl adjacent to an activating group) is 1. The van der Waals surface area contributed by atoms with Crippen LogP contribution in [0.4, 0.5) is 19.6 Å². The molecule has 0 aliphatic carbocycles. The Morgan fingerprint density at radius 2 is 1.93 bits per heavy atom. The lowest BCUT2D eigenvalue weighted by Crippen LogP contribution is -2.52. The van der Waals surface area contributed by atoms with E-state index >= 15 is 8.78 Å². The van der Waals surface area contributed by atoms with E-state index in [0.717, 1.165) is 25.9 Å². The maximum atomic E-state index is 17.2. The summed E-state index contributed by atoms with van der Waals surface area (Å²) in [5.41, 5.74) is 7.55. The number of nitrogens with one attached hydrogen (secondary N) is 1. The quantitative estimate of drug-likeness (QED) is 0.304. The molecule has 228 valence electrons. The summed E-state index contributed by atoms with van der Waals surface area (Å²) in [5.74, 6) is -0.774. The number of fused-ring (bicyclic) bond motifs is 6. The van der Waals surface area contributed by atoms with Gasteiger partial charge in [0.1, 0.15) is 34.8 Å². The number of piperazine rings is 1. The third-order valence-corrected chi connectivity index (χ3v) is 10.6. The van der Waals surface area contributed by atoms with Crippen LogP contribution in [-0.2, 0) is 18.0 Å². The van der Waals surface area contributed by atoms with Gasteiger partial charge in [0.05, 0.1) is 30.3 Å². The molecule has 4 aromatic rings. The first-order valence-corrected chi connectivity index (χ1v) is 15.7. The number of nitrogen functional groups attached to an aromatic ring is 1. The van der Waals surface area contributed by atoms with Gasteiger partial charge in [-0.2, -0.15) is 15.2 Å². The predicted octanol–water partition coefficient (Wildman–Crippen LogP) is 3.66. The molecular formula is C31H31F2N7O3S. The van der Waals surface area contributed by atoms with Crippen molar-refractivity contribution in [2.75, 3.05) is 43.9 Å². The Bertz CT molecular complexity index is 1860. The van der Waals surface area contributed by atoms with Gasteiger partial charge in [0.15, 0.2) is 5.82 Å². The Morgan fingerprint density at radius 1 is 1.16 bits per heavy atom. The van der Waals surface area contributed by atoms with Crippen LogP contribution in [0.5, 0.6) is 6.01 Å². The summed E-state index contributed by atoms with van der Waals surface area (Å²) in [5, 5.41) is 24.6. The van der Waals surface area contributed by atoms with E-state index in [1.807, 2.05) is 11.9 Å². The first kappa shape index (κ1) is 27.8. The highest BCUT2D eigenvalue weighted by Crippen LogP contribution is 2.48. The number of hydrogen-bond acceptors (Lipinski definition) is 11. The van der Waals surface area contributed by atoms with Gasteiger partial charge < -0.3 is 30.5 Å². The molecule has 3 fully saturated rings. The normalized spacial score (nSPS) is 24.8. The Morgan fingerprint density at radius 3 is 2.66 bits per heavy atom. The zero-order chi connectivity index (χ0) is 30.3. The topological polar surface area (TPSA) is 133 Å². The van der Waals surface area contributed by atoms with Crippen molar-refractivity contribution >= 4 is 43.1 Å². The summed E-state index contributed by atoms with van der Waals surface area (Å²) in [6.45, 7) is 2.61. The van der Waals surface area contributed by atoms with Gasteiger partial charge >= 0.3 is 6.01 Å². The van der Waals surface area contributed by atoms with Crippen molar-refractivity contribution in [1.82, 2.24) is 20.2 Å². The van der Waals surface area contributed by atoms with E-state index < -0.39 is 17.7 Å². The molecule has 2 aromatic heterocycles. The number of aromatic nitrogens is 2. The fourth-order valence-corrected chi connectivity index (χ4v) is 8.51. The van der Waals surface area contributed by atoms with E-state index in [1.54, 1.807) is 6.07 Å². The Balaban J connectivity index is 1.38. The van der Waals surface area contributed by atoms with E-state index in [0.29, 0.717) is 40.0 Å². The van der Waals surface area contributed by atoms with Gasteiger partial charge in [0, 0.05) is 59.0 Å². The summed E-state index contributed by atoms with van der Waals surface area (Å²) in [4.78, 5) is 13.8. The monoisotopic (exact) mass is 619 g/mol. The molecule has 44 heavy (non-hydrogen) atoms. The van der Waals surface area contributed by atoms with Crippen LogP contribution in [0.2, 0.25) is 0 Å². The van der Waals surface area contributed by atoms with E-state index in [-0.39, 0.29) is 76.6 Å².